The highest BCUT2D eigenvalue weighted by Gasteiger charge is 2.31. The van der Waals surface area contributed by atoms with Gasteiger partial charge in [-0.25, -0.2) is 12.7 Å². The minimum absolute atomic E-state index is 0.0673. The van der Waals surface area contributed by atoms with Crippen LogP contribution in [0.4, 0.5) is 0 Å². The molecule has 1 aromatic carbocycles. The Hall–Kier alpha value is -1.48. The van der Waals surface area contributed by atoms with Crippen LogP contribution < -0.4 is 5.32 Å². The maximum Gasteiger partial charge on any atom is 0.224 e. The Balaban J connectivity index is 1.46. The number of rotatable bonds is 8. The summed E-state index contributed by atoms with van der Waals surface area (Å²) >= 11 is 0. The SMILES string of the molecule is CCCS(=O)(=O)N1CCCC(C(=O)NCc2ccc(CN3CCC(O)CC3)cc2)C1. The zero-order valence-corrected chi connectivity index (χ0v) is 18.7. The lowest BCUT2D eigenvalue weighted by Crippen LogP contribution is -2.45. The summed E-state index contributed by atoms with van der Waals surface area (Å²) in [4.78, 5) is 15.0. The fourth-order valence-corrected chi connectivity index (χ4v) is 5.82. The van der Waals surface area contributed by atoms with Crippen molar-refractivity contribution >= 4 is 15.9 Å². The minimum atomic E-state index is -3.25. The molecule has 2 saturated heterocycles. The van der Waals surface area contributed by atoms with Crippen molar-refractivity contribution in [1.29, 1.82) is 0 Å². The van der Waals surface area contributed by atoms with Crippen molar-refractivity contribution in [2.24, 2.45) is 5.92 Å². The Kier molecular flexibility index (Phi) is 8.27. The number of carbonyl (C=O) groups is 1. The highest BCUT2D eigenvalue weighted by molar-refractivity contribution is 7.89. The maximum absolute atomic E-state index is 12.6. The molecule has 168 valence electrons. The smallest absolute Gasteiger partial charge is 0.224 e. The number of nitrogens with one attached hydrogen (secondary N) is 1. The molecule has 0 radical (unpaired) electrons. The largest absolute Gasteiger partial charge is 0.393 e. The van der Waals surface area contributed by atoms with Crippen LogP contribution in [0.25, 0.3) is 0 Å². The summed E-state index contributed by atoms with van der Waals surface area (Å²) in [5.74, 6) is -0.201. The van der Waals surface area contributed by atoms with Crippen LogP contribution in [0, 0.1) is 5.92 Å². The molecule has 2 fully saturated rings. The second-order valence-electron chi connectivity index (χ2n) is 8.55. The molecule has 1 atom stereocenters. The fraction of sp³-hybridized carbons (Fsp3) is 0.682. The number of aliphatic hydroxyl groups is 1. The Labute approximate surface area is 180 Å². The van der Waals surface area contributed by atoms with Gasteiger partial charge in [-0.3, -0.25) is 9.69 Å². The van der Waals surface area contributed by atoms with E-state index in [2.05, 4.69) is 22.3 Å². The lowest BCUT2D eigenvalue weighted by atomic mass is 9.98. The molecule has 8 heteroatoms. The maximum atomic E-state index is 12.6. The predicted octanol–water partition coefficient (Wildman–Crippen LogP) is 1.71. The molecule has 2 aliphatic heterocycles. The molecular formula is C22H35N3O4S. The number of carbonyl (C=O) groups excluding carboxylic acids is 1. The van der Waals surface area contributed by atoms with Crippen molar-refractivity contribution in [3.05, 3.63) is 35.4 Å². The third kappa shape index (κ3) is 6.51. The lowest BCUT2D eigenvalue weighted by Gasteiger charge is -2.31. The van der Waals surface area contributed by atoms with Gasteiger partial charge in [0.05, 0.1) is 17.8 Å². The van der Waals surface area contributed by atoms with Gasteiger partial charge >= 0.3 is 0 Å². The Morgan fingerprint density at radius 1 is 1.10 bits per heavy atom. The van der Waals surface area contributed by atoms with Gasteiger partial charge in [0, 0.05) is 39.3 Å². The van der Waals surface area contributed by atoms with Crippen LogP contribution in [-0.4, -0.2) is 66.7 Å². The number of sulfonamides is 1. The molecule has 0 bridgehead atoms. The molecule has 0 saturated carbocycles. The molecule has 30 heavy (non-hydrogen) atoms. The van der Waals surface area contributed by atoms with E-state index in [1.807, 2.05) is 19.1 Å². The van der Waals surface area contributed by atoms with Gasteiger partial charge in [0.1, 0.15) is 0 Å². The van der Waals surface area contributed by atoms with Crippen LogP contribution >= 0.6 is 0 Å². The minimum Gasteiger partial charge on any atom is -0.393 e. The first-order valence-corrected chi connectivity index (χ1v) is 12.7. The third-order valence-electron chi connectivity index (χ3n) is 6.06. The molecule has 1 amide bonds. The highest BCUT2D eigenvalue weighted by Crippen LogP contribution is 2.20. The van der Waals surface area contributed by atoms with E-state index in [-0.39, 0.29) is 30.2 Å². The zero-order valence-electron chi connectivity index (χ0n) is 17.9. The molecule has 3 rings (SSSR count). The van der Waals surface area contributed by atoms with Gasteiger partial charge in [-0.05, 0) is 43.2 Å². The van der Waals surface area contributed by atoms with Crippen LogP contribution in [0.3, 0.4) is 0 Å². The number of nitrogens with zero attached hydrogens (tertiary/aromatic N) is 2. The molecule has 0 aromatic heterocycles. The Bertz CT molecular complexity index is 789. The van der Waals surface area contributed by atoms with E-state index in [0.29, 0.717) is 19.5 Å². The molecule has 2 heterocycles. The number of aliphatic hydroxyl groups excluding tert-OH is 1. The molecule has 0 aliphatic carbocycles. The summed E-state index contributed by atoms with van der Waals surface area (Å²) in [6, 6.07) is 8.25. The molecule has 1 aromatic rings. The second kappa shape index (κ2) is 10.7. The van der Waals surface area contributed by atoms with Gasteiger partial charge in [-0.15, -0.1) is 0 Å². The van der Waals surface area contributed by atoms with Gasteiger partial charge in [0.25, 0.3) is 0 Å². The Morgan fingerprint density at radius 3 is 2.43 bits per heavy atom. The van der Waals surface area contributed by atoms with E-state index in [4.69, 9.17) is 0 Å². The van der Waals surface area contributed by atoms with Crippen LogP contribution in [0.5, 0.6) is 0 Å². The quantitative estimate of drug-likeness (QED) is 0.646. The van der Waals surface area contributed by atoms with E-state index in [1.54, 1.807) is 0 Å². The molecular weight excluding hydrogens is 402 g/mol. The first kappa shape index (κ1) is 23.2. The summed E-state index contributed by atoms with van der Waals surface area (Å²) in [6.07, 6.45) is 3.56. The van der Waals surface area contributed by atoms with Crippen LogP contribution in [0.15, 0.2) is 24.3 Å². The number of amides is 1. The second-order valence-corrected chi connectivity index (χ2v) is 10.6. The van der Waals surface area contributed by atoms with E-state index in [9.17, 15) is 18.3 Å². The molecule has 2 aliphatic rings. The van der Waals surface area contributed by atoms with Crippen LogP contribution in [0.1, 0.15) is 50.2 Å². The summed E-state index contributed by atoms with van der Waals surface area (Å²) in [6.45, 7) is 5.84. The molecule has 0 spiro atoms. The van der Waals surface area contributed by atoms with Crippen LogP contribution in [0.2, 0.25) is 0 Å². The molecule has 7 nitrogen and oxygen atoms in total. The predicted molar refractivity (Wildman–Crippen MR) is 117 cm³/mol. The fourth-order valence-electron chi connectivity index (χ4n) is 4.23. The van der Waals surface area contributed by atoms with Crippen molar-refractivity contribution in [3.63, 3.8) is 0 Å². The van der Waals surface area contributed by atoms with Crippen LogP contribution in [-0.2, 0) is 27.9 Å². The number of benzene rings is 1. The van der Waals surface area contributed by atoms with Crippen molar-refractivity contribution in [2.75, 3.05) is 31.9 Å². The monoisotopic (exact) mass is 437 g/mol. The van der Waals surface area contributed by atoms with Gasteiger partial charge in [-0.1, -0.05) is 31.2 Å². The number of likely N-dealkylation sites (tertiary alicyclic amines) is 1. The first-order valence-electron chi connectivity index (χ1n) is 11.1. The van der Waals surface area contributed by atoms with E-state index < -0.39 is 10.0 Å². The number of piperidine rings is 2. The van der Waals surface area contributed by atoms with Gasteiger partial charge in [-0.2, -0.15) is 0 Å². The molecule has 2 N–H and O–H groups in total. The average Bonchev–Trinajstić information content (AvgIpc) is 2.75. The van der Waals surface area contributed by atoms with Crippen molar-refractivity contribution in [3.8, 4) is 0 Å². The normalized spacial score (nSPS) is 22.1. The van der Waals surface area contributed by atoms with Gasteiger partial charge in [0.15, 0.2) is 0 Å². The Morgan fingerprint density at radius 2 is 1.77 bits per heavy atom. The van der Waals surface area contributed by atoms with E-state index in [1.165, 1.54) is 9.87 Å². The van der Waals surface area contributed by atoms with Crippen molar-refractivity contribution < 1.29 is 18.3 Å². The van der Waals surface area contributed by atoms with E-state index >= 15 is 0 Å². The number of hydrogen-bond acceptors (Lipinski definition) is 5. The topological polar surface area (TPSA) is 90.0 Å². The first-order chi connectivity index (χ1) is 14.4. The highest BCUT2D eigenvalue weighted by atomic mass is 32.2. The summed E-state index contributed by atoms with van der Waals surface area (Å²) in [7, 11) is -3.25. The van der Waals surface area contributed by atoms with Gasteiger partial charge in [0.2, 0.25) is 15.9 Å². The van der Waals surface area contributed by atoms with Gasteiger partial charge < -0.3 is 10.4 Å². The summed E-state index contributed by atoms with van der Waals surface area (Å²) < 4.78 is 26.1. The standard InChI is InChI=1S/C22H35N3O4S/c1-2-14-30(28,29)25-11-3-4-20(17-25)22(27)23-15-18-5-7-19(8-6-18)16-24-12-9-21(26)10-13-24/h5-8,20-21,26H,2-4,9-17H2,1H3,(H,23,27). The third-order valence-corrected chi connectivity index (χ3v) is 8.11. The zero-order chi connectivity index (χ0) is 21.6. The number of hydrogen-bond donors (Lipinski definition) is 2. The van der Waals surface area contributed by atoms with E-state index in [0.717, 1.165) is 50.9 Å². The molecule has 1 unspecified atom stereocenters. The summed E-state index contributed by atoms with van der Waals surface area (Å²) in [5, 5.41) is 12.6. The average molecular weight is 438 g/mol. The lowest BCUT2D eigenvalue weighted by molar-refractivity contribution is -0.126. The van der Waals surface area contributed by atoms with Crippen molar-refractivity contribution in [1.82, 2.24) is 14.5 Å². The van der Waals surface area contributed by atoms with Crippen molar-refractivity contribution in [2.45, 2.75) is 58.2 Å². The summed E-state index contributed by atoms with van der Waals surface area (Å²) in [5.41, 5.74) is 2.26.